The van der Waals surface area contributed by atoms with Gasteiger partial charge in [0.1, 0.15) is 6.04 Å². The first-order chi connectivity index (χ1) is 15.0. The van der Waals surface area contributed by atoms with E-state index in [0.717, 1.165) is 30.5 Å². The Morgan fingerprint density at radius 2 is 1.97 bits per heavy atom. The molecule has 9 heteroatoms. The highest BCUT2D eigenvalue weighted by atomic mass is 32.1. The summed E-state index contributed by atoms with van der Waals surface area (Å²) in [4.78, 5) is 46.2. The molecule has 0 saturated carbocycles. The average molecular weight is 442 g/mol. The van der Waals surface area contributed by atoms with Crippen LogP contribution in [0.1, 0.15) is 31.2 Å². The number of piperidine rings is 1. The van der Waals surface area contributed by atoms with Gasteiger partial charge in [-0.25, -0.2) is 9.78 Å². The number of amides is 4. The standard InChI is InChI=1S/C22H27N5O3S/c1-15-5-2-7-17(13-15)24-22(30)26-10-3-6-16(14-26)20(29)27-11-4-8-18(27)19(28)25-21-23-9-12-31-21/h2,5,7,9,12-13,16,18H,3-4,6,8,10-11,14H2,1H3,(H,24,30)(H,23,25,28). The van der Waals surface area contributed by atoms with E-state index in [-0.39, 0.29) is 23.8 Å². The van der Waals surface area contributed by atoms with Crippen molar-refractivity contribution in [3.63, 3.8) is 0 Å². The molecule has 0 aliphatic carbocycles. The first-order valence-corrected chi connectivity index (χ1v) is 11.5. The van der Waals surface area contributed by atoms with Crippen LogP contribution in [0.15, 0.2) is 35.8 Å². The SMILES string of the molecule is Cc1cccc(NC(=O)N2CCCC(C(=O)N3CCCC3C(=O)Nc3nccs3)C2)c1. The molecule has 1 aromatic carbocycles. The van der Waals surface area contributed by atoms with Crippen LogP contribution in [0.5, 0.6) is 0 Å². The number of benzene rings is 1. The van der Waals surface area contributed by atoms with Crippen molar-refractivity contribution in [1.29, 1.82) is 0 Å². The van der Waals surface area contributed by atoms with Crippen molar-refractivity contribution in [3.8, 4) is 0 Å². The molecule has 2 N–H and O–H groups in total. The Hall–Kier alpha value is -2.94. The van der Waals surface area contributed by atoms with Crippen molar-refractivity contribution in [2.45, 2.75) is 38.6 Å². The molecule has 3 heterocycles. The second-order valence-electron chi connectivity index (χ2n) is 8.10. The average Bonchev–Trinajstić information content (AvgIpc) is 3.45. The number of aryl methyl sites for hydroxylation is 1. The van der Waals surface area contributed by atoms with Crippen LogP contribution in [-0.2, 0) is 9.59 Å². The minimum Gasteiger partial charge on any atom is -0.330 e. The molecule has 164 valence electrons. The number of nitrogens with one attached hydrogen (secondary N) is 2. The molecular formula is C22H27N5O3S. The van der Waals surface area contributed by atoms with Gasteiger partial charge in [-0.05, 0) is 50.3 Å². The van der Waals surface area contributed by atoms with E-state index < -0.39 is 6.04 Å². The maximum Gasteiger partial charge on any atom is 0.321 e. The highest BCUT2D eigenvalue weighted by Gasteiger charge is 2.39. The zero-order valence-corrected chi connectivity index (χ0v) is 18.4. The zero-order chi connectivity index (χ0) is 21.8. The van der Waals surface area contributed by atoms with Crippen LogP contribution in [0.2, 0.25) is 0 Å². The van der Waals surface area contributed by atoms with E-state index in [2.05, 4.69) is 15.6 Å². The van der Waals surface area contributed by atoms with E-state index in [4.69, 9.17) is 0 Å². The molecule has 2 aliphatic rings. The summed E-state index contributed by atoms with van der Waals surface area (Å²) < 4.78 is 0. The van der Waals surface area contributed by atoms with Gasteiger partial charge in [0, 0.05) is 36.9 Å². The third-order valence-electron chi connectivity index (χ3n) is 5.83. The third-order valence-corrected chi connectivity index (χ3v) is 6.52. The van der Waals surface area contributed by atoms with Crippen molar-refractivity contribution in [1.82, 2.24) is 14.8 Å². The molecule has 0 spiro atoms. The summed E-state index contributed by atoms with van der Waals surface area (Å²) in [5.41, 5.74) is 1.82. The lowest BCUT2D eigenvalue weighted by Crippen LogP contribution is -2.51. The Kier molecular flexibility index (Phi) is 6.50. The van der Waals surface area contributed by atoms with E-state index in [1.807, 2.05) is 31.2 Å². The fourth-order valence-electron chi connectivity index (χ4n) is 4.30. The molecule has 4 amide bonds. The molecule has 0 bridgehead atoms. The summed E-state index contributed by atoms with van der Waals surface area (Å²) in [6.45, 7) is 3.53. The minimum atomic E-state index is -0.479. The Labute approximate surface area is 185 Å². The zero-order valence-electron chi connectivity index (χ0n) is 17.5. The van der Waals surface area contributed by atoms with Crippen LogP contribution >= 0.6 is 11.3 Å². The van der Waals surface area contributed by atoms with Crippen LogP contribution in [0, 0.1) is 12.8 Å². The molecule has 8 nitrogen and oxygen atoms in total. The van der Waals surface area contributed by atoms with Crippen LogP contribution in [0.25, 0.3) is 0 Å². The molecule has 4 rings (SSSR count). The number of urea groups is 1. The van der Waals surface area contributed by atoms with E-state index in [1.54, 1.807) is 21.4 Å². The first kappa shape index (κ1) is 21.3. The number of carbonyl (C=O) groups is 3. The van der Waals surface area contributed by atoms with Gasteiger partial charge in [0.25, 0.3) is 0 Å². The van der Waals surface area contributed by atoms with Crippen molar-refractivity contribution in [2.24, 2.45) is 5.92 Å². The number of nitrogens with zero attached hydrogens (tertiary/aromatic N) is 3. The number of aromatic nitrogens is 1. The van der Waals surface area contributed by atoms with E-state index in [0.29, 0.717) is 31.2 Å². The molecule has 0 radical (unpaired) electrons. The molecule has 2 atom stereocenters. The maximum atomic E-state index is 13.3. The Balaban J connectivity index is 1.37. The number of hydrogen-bond acceptors (Lipinski definition) is 5. The number of thiazole rings is 1. The molecular weight excluding hydrogens is 414 g/mol. The highest BCUT2D eigenvalue weighted by molar-refractivity contribution is 7.13. The fourth-order valence-corrected chi connectivity index (χ4v) is 4.83. The van der Waals surface area contributed by atoms with Gasteiger partial charge >= 0.3 is 6.03 Å². The molecule has 1 aromatic heterocycles. The number of likely N-dealkylation sites (tertiary alicyclic amines) is 2. The molecule has 2 saturated heterocycles. The largest absolute Gasteiger partial charge is 0.330 e. The number of rotatable bonds is 4. The van der Waals surface area contributed by atoms with Crippen molar-refractivity contribution < 1.29 is 14.4 Å². The van der Waals surface area contributed by atoms with Gasteiger partial charge in [-0.1, -0.05) is 12.1 Å². The summed E-state index contributed by atoms with van der Waals surface area (Å²) in [5.74, 6) is -0.513. The van der Waals surface area contributed by atoms with Gasteiger partial charge in [0.15, 0.2) is 5.13 Å². The molecule has 2 unspecified atom stereocenters. The third kappa shape index (κ3) is 5.04. The summed E-state index contributed by atoms with van der Waals surface area (Å²) in [6.07, 6.45) is 4.57. The summed E-state index contributed by atoms with van der Waals surface area (Å²) >= 11 is 1.36. The number of hydrogen-bond donors (Lipinski definition) is 2. The van der Waals surface area contributed by atoms with Gasteiger partial charge < -0.3 is 20.4 Å². The number of carbonyl (C=O) groups excluding carboxylic acids is 3. The smallest absolute Gasteiger partial charge is 0.321 e. The predicted octanol–water partition coefficient (Wildman–Crippen LogP) is 3.33. The molecule has 2 aliphatic heterocycles. The van der Waals surface area contributed by atoms with Crippen LogP contribution in [0.4, 0.5) is 15.6 Å². The van der Waals surface area contributed by atoms with Crippen LogP contribution < -0.4 is 10.6 Å². The molecule has 2 aromatic rings. The van der Waals surface area contributed by atoms with Gasteiger partial charge in [0.05, 0.1) is 5.92 Å². The van der Waals surface area contributed by atoms with Crippen molar-refractivity contribution in [2.75, 3.05) is 30.3 Å². The van der Waals surface area contributed by atoms with E-state index in [9.17, 15) is 14.4 Å². The second-order valence-corrected chi connectivity index (χ2v) is 9.00. The summed E-state index contributed by atoms with van der Waals surface area (Å²) in [6, 6.07) is 6.98. The monoisotopic (exact) mass is 441 g/mol. The number of anilines is 2. The summed E-state index contributed by atoms with van der Waals surface area (Å²) in [5, 5.41) is 8.08. The Morgan fingerprint density at radius 1 is 1.13 bits per heavy atom. The van der Waals surface area contributed by atoms with Gasteiger partial charge in [-0.2, -0.15) is 0 Å². The first-order valence-electron chi connectivity index (χ1n) is 10.6. The predicted molar refractivity (Wildman–Crippen MR) is 120 cm³/mol. The Bertz CT molecular complexity index is 948. The maximum absolute atomic E-state index is 13.3. The van der Waals surface area contributed by atoms with Crippen LogP contribution in [-0.4, -0.2) is 58.3 Å². The Morgan fingerprint density at radius 3 is 2.74 bits per heavy atom. The van der Waals surface area contributed by atoms with Crippen LogP contribution in [0.3, 0.4) is 0 Å². The lowest BCUT2D eigenvalue weighted by Gasteiger charge is -2.35. The van der Waals surface area contributed by atoms with Crippen molar-refractivity contribution >= 4 is 40.0 Å². The molecule has 2 fully saturated rings. The van der Waals surface area contributed by atoms with Crippen molar-refractivity contribution in [3.05, 3.63) is 41.4 Å². The lowest BCUT2D eigenvalue weighted by atomic mass is 9.96. The van der Waals surface area contributed by atoms with Gasteiger partial charge in [0.2, 0.25) is 11.8 Å². The fraction of sp³-hybridized carbons (Fsp3) is 0.455. The van der Waals surface area contributed by atoms with Gasteiger partial charge in [-0.15, -0.1) is 11.3 Å². The van der Waals surface area contributed by atoms with E-state index in [1.165, 1.54) is 11.3 Å². The quantitative estimate of drug-likeness (QED) is 0.761. The highest BCUT2D eigenvalue weighted by Crippen LogP contribution is 2.26. The normalized spacial score (nSPS) is 21.1. The minimum absolute atomic E-state index is 0.0372. The van der Waals surface area contributed by atoms with E-state index >= 15 is 0 Å². The molecule has 31 heavy (non-hydrogen) atoms. The second kappa shape index (κ2) is 9.47. The summed E-state index contributed by atoms with van der Waals surface area (Å²) in [7, 11) is 0. The topological polar surface area (TPSA) is 94.6 Å². The van der Waals surface area contributed by atoms with Gasteiger partial charge in [-0.3, -0.25) is 9.59 Å². The lowest BCUT2D eigenvalue weighted by molar-refractivity contribution is -0.141.